The Morgan fingerprint density at radius 1 is 0.968 bits per heavy atom. The Bertz CT molecular complexity index is 1220. The van der Waals surface area contributed by atoms with Crippen molar-refractivity contribution in [2.75, 3.05) is 7.11 Å². The highest BCUT2D eigenvalue weighted by Crippen LogP contribution is 2.36. The predicted molar refractivity (Wildman–Crippen MR) is 120 cm³/mol. The Morgan fingerprint density at radius 2 is 1.74 bits per heavy atom. The number of aromatic amines is 1. The van der Waals surface area contributed by atoms with Gasteiger partial charge in [0, 0.05) is 23.4 Å². The maximum Gasteiger partial charge on any atom is 0.357 e. The van der Waals surface area contributed by atoms with Crippen LogP contribution in [0.5, 0.6) is 5.75 Å². The van der Waals surface area contributed by atoms with Crippen LogP contribution in [-0.2, 0) is 22.7 Å². The van der Waals surface area contributed by atoms with E-state index in [1.54, 1.807) is 13.3 Å². The molecule has 2 heterocycles. The average molecular weight is 418 g/mol. The van der Waals surface area contributed by atoms with Crippen molar-refractivity contribution in [2.45, 2.75) is 39.6 Å². The van der Waals surface area contributed by atoms with Crippen molar-refractivity contribution < 1.29 is 19.0 Å². The van der Waals surface area contributed by atoms with Crippen molar-refractivity contribution in [3.8, 4) is 5.75 Å². The SMILES string of the molecule is COCc1c(C(=O)OC(C)(C)C)ncc2[nH]c3cccc(OCc4ccccc4)c3c12. The molecular weight excluding hydrogens is 392 g/mol. The number of carbonyl (C=O) groups is 1. The molecule has 0 radical (unpaired) electrons. The molecule has 1 N–H and O–H groups in total. The second-order valence-corrected chi connectivity index (χ2v) is 8.39. The Labute approximate surface area is 181 Å². The first kappa shape index (κ1) is 20.9. The van der Waals surface area contributed by atoms with E-state index < -0.39 is 11.6 Å². The molecule has 31 heavy (non-hydrogen) atoms. The molecule has 6 heteroatoms. The van der Waals surface area contributed by atoms with E-state index >= 15 is 0 Å². The number of nitrogens with one attached hydrogen (secondary N) is 1. The van der Waals surface area contributed by atoms with E-state index in [9.17, 15) is 4.79 Å². The summed E-state index contributed by atoms with van der Waals surface area (Å²) < 4.78 is 17.2. The summed E-state index contributed by atoms with van der Waals surface area (Å²) in [5.74, 6) is 0.254. The summed E-state index contributed by atoms with van der Waals surface area (Å²) in [6.45, 7) is 6.16. The van der Waals surface area contributed by atoms with Crippen molar-refractivity contribution in [1.82, 2.24) is 9.97 Å². The zero-order valence-electron chi connectivity index (χ0n) is 18.2. The average Bonchev–Trinajstić information content (AvgIpc) is 3.11. The van der Waals surface area contributed by atoms with E-state index in [4.69, 9.17) is 14.2 Å². The summed E-state index contributed by atoms with van der Waals surface area (Å²) in [4.78, 5) is 20.7. The van der Waals surface area contributed by atoms with Crippen molar-refractivity contribution >= 4 is 27.8 Å². The van der Waals surface area contributed by atoms with Crippen LogP contribution in [0.1, 0.15) is 42.4 Å². The van der Waals surface area contributed by atoms with Gasteiger partial charge in [0.2, 0.25) is 0 Å². The highest BCUT2D eigenvalue weighted by molar-refractivity contribution is 6.13. The molecule has 0 aliphatic carbocycles. The lowest BCUT2D eigenvalue weighted by atomic mass is 10.0. The molecule has 0 aliphatic rings. The molecule has 2 aromatic heterocycles. The van der Waals surface area contributed by atoms with Crippen LogP contribution in [0.25, 0.3) is 21.8 Å². The van der Waals surface area contributed by atoms with Gasteiger partial charge in [-0.15, -0.1) is 0 Å². The van der Waals surface area contributed by atoms with Crippen molar-refractivity contribution in [2.24, 2.45) is 0 Å². The molecule has 0 saturated heterocycles. The second kappa shape index (κ2) is 8.40. The molecule has 0 spiro atoms. The van der Waals surface area contributed by atoms with Crippen molar-refractivity contribution in [1.29, 1.82) is 0 Å². The van der Waals surface area contributed by atoms with E-state index in [-0.39, 0.29) is 12.3 Å². The molecule has 4 aromatic rings. The van der Waals surface area contributed by atoms with E-state index in [2.05, 4.69) is 9.97 Å². The van der Waals surface area contributed by atoms with E-state index in [0.717, 1.165) is 33.1 Å². The summed E-state index contributed by atoms with van der Waals surface area (Å²) in [5, 5.41) is 1.75. The minimum absolute atomic E-state index is 0.221. The van der Waals surface area contributed by atoms with Crippen LogP contribution >= 0.6 is 0 Å². The fraction of sp³-hybridized carbons (Fsp3) is 0.280. The standard InChI is InChI=1S/C25H26N2O4/c1-25(2,3)31-24(28)23-17(15-29-4)21-19(13-26-23)27-18-11-8-12-20(22(18)21)30-14-16-9-6-5-7-10-16/h5-13,27H,14-15H2,1-4H3. The number of hydrogen-bond acceptors (Lipinski definition) is 5. The monoisotopic (exact) mass is 418 g/mol. The van der Waals surface area contributed by atoms with Gasteiger partial charge in [-0.2, -0.15) is 0 Å². The topological polar surface area (TPSA) is 73.4 Å². The van der Waals surface area contributed by atoms with Gasteiger partial charge in [-0.3, -0.25) is 0 Å². The summed E-state index contributed by atoms with van der Waals surface area (Å²) in [7, 11) is 1.60. The number of ether oxygens (including phenoxy) is 3. The molecule has 6 nitrogen and oxygen atoms in total. The van der Waals surface area contributed by atoms with Gasteiger partial charge in [0.05, 0.1) is 23.8 Å². The maximum atomic E-state index is 12.9. The molecule has 0 saturated carbocycles. The van der Waals surface area contributed by atoms with E-state index in [0.29, 0.717) is 12.2 Å². The van der Waals surface area contributed by atoms with Crippen molar-refractivity contribution in [3.05, 3.63) is 71.5 Å². The van der Waals surface area contributed by atoms with Crippen LogP contribution in [0.2, 0.25) is 0 Å². The second-order valence-electron chi connectivity index (χ2n) is 8.39. The largest absolute Gasteiger partial charge is 0.488 e. The molecule has 2 aromatic carbocycles. The Hall–Kier alpha value is -3.38. The van der Waals surface area contributed by atoms with Crippen LogP contribution < -0.4 is 4.74 Å². The lowest BCUT2D eigenvalue weighted by Gasteiger charge is -2.20. The van der Waals surface area contributed by atoms with Crippen LogP contribution in [-0.4, -0.2) is 28.6 Å². The summed E-state index contributed by atoms with van der Waals surface area (Å²) in [6, 6.07) is 15.9. The molecule has 0 atom stereocenters. The van der Waals surface area contributed by atoms with Gasteiger partial charge < -0.3 is 19.2 Å². The van der Waals surface area contributed by atoms with Crippen molar-refractivity contribution in [3.63, 3.8) is 0 Å². The zero-order chi connectivity index (χ0) is 22.0. The summed E-state index contributed by atoms with van der Waals surface area (Å²) in [5.41, 5.74) is 3.10. The number of carbonyl (C=O) groups excluding carboxylic acids is 1. The Kier molecular flexibility index (Phi) is 5.65. The highest BCUT2D eigenvalue weighted by Gasteiger charge is 2.25. The Balaban J connectivity index is 1.85. The maximum absolute atomic E-state index is 12.9. The summed E-state index contributed by atoms with van der Waals surface area (Å²) >= 11 is 0. The van der Waals surface area contributed by atoms with Gasteiger partial charge in [-0.1, -0.05) is 36.4 Å². The van der Waals surface area contributed by atoms with E-state index in [1.165, 1.54) is 0 Å². The third kappa shape index (κ3) is 4.39. The van der Waals surface area contributed by atoms with Gasteiger partial charge in [0.25, 0.3) is 0 Å². The number of H-pyrrole nitrogens is 1. The minimum Gasteiger partial charge on any atom is -0.488 e. The van der Waals surface area contributed by atoms with Crippen LogP contribution in [0, 0.1) is 0 Å². The molecule has 4 rings (SSSR count). The number of esters is 1. The smallest absolute Gasteiger partial charge is 0.357 e. The zero-order valence-corrected chi connectivity index (χ0v) is 18.2. The normalized spacial score (nSPS) is 11.7. The number of pyridine rings is 1. The molecule has 0 amide bonds. The molecule has 160 valence electrons. The summed E-state index contributed by atoms with van der Waals surface area (Å²) in [6.07, 6.45) is 1.66. The third-order valence-corrected chi connectivity index (χ3v) is 4.84. The molecule has 0 fully saturated rings. The van der Waals surface area contributed by atoms with Crippen LogP contribution in [0.3, 0.4) is 0 Å². The first-order valence-corrected chi connectivity index (χ1v) is 10.2. The number of benzene rings is 2. The van der Waals surface area contributed by atoms with Gasteiger partial charge >= 0.3 is 5.97 Å². The number of hydrogen-bond donors (Lipinski definition) is 1. The van der Waals surface area contributed by atoms with Gasteiger partial charge in [-0.05, 0) is 38.5 Å². The number of fused-ring (bicyclic) bond motifs is 3. The first-order chi connectivity index (χ1) is 14.9. The van der Waals surface area contributed by atoms with Crippen LogP contribution in [0.15, 0.2) is 54.7 Å². The molecule has 0 unspecified atom stereocenters. The predicted octanol–water partition coefficient (Wildman–Crippen LogP) is 5.40. The molecule has 0 aliphatic heterocycles. The minimum atomic E-state index is -0.623. The first-order valence-electron chi connectivity index (χ1n) is 10.2. The molecular formula is C25H26N2O4. The third-order valence-electron chi connectivity index (χ3n) is 4.84. The lowest BCUT2D eigenvalue weighted by molar-refractivity contribution is 0.00593. The lowest BCUT2D eigenvalue weighted by Crippen LogP contribution is -2.25. The fourth-order valence-corrected chi connectivity index (χ4v) is 3.61. The number of methoxy groups -OCH3 is 1. The molecule has 0 bridgehead atoms. The van der Waals surface area contributed by atoms with Gasteiger partial charge in [0.15, 0.2) is 5.69 Å². The quantitative estimate of drug-likeness (QED) is 0.425. The van der Waals surface area contributed by atoms with Gasteiger partial charge in [0.1, 0.15) is 18.0 Å². The van der Waals surface area contributed by atoms with E-state index in [1.807, 2.05) is 69.3 Å². The number of aromatic nitrogens is 2. The number of nitrogens with zero attached hydrogens (tertiary/aromatic N) is 1. The fourth-order valence-electron chi connectivity index (χ4n) is 3.61. The van der Waals surface area contributed by atoms with Gasteiger partial charge in [-0.25, -0.2) is 9.78 Å². The number of rotatable bonds is 6. The highest BCUT2D eigenvalue weighted by atomic mass is 16.6. The Morgan fingerprint density at radius 3 is 2.45 bits per heavy atom. The van der Waals surface area contributed by atoms with Crippen LogP contribution in [0.4, 0.5) is 0 Å².